The van der Waals surface area contributed by atoms with Crippen LogP contribution in [0.15, 0.2) is 36.5 Å². The second-order valence-electron chi connectivity index (χ2n) is 4.26. The van der Waals surface area contributed by atoms with E-state index in [1.54, 1.807) is 19.2 Å². The number of hydrogen-bond donors (Lipinski definition) is 1. The second-order valence-corrected chi connectivity index (χ2v) is 6.16. The zero-order chi connectivity index (χ0) is 14.7. The topological polar surface area (TPSA) is 42.0 Å². The van der Waals surface area contributed by atoms with Crippen LogP contribution in [0.5, 0.6) is 0 Å². The van der Waals surface area contributed by atoms with Crippen molar-refractivity contribution in [2.45, 2.75) is 13.3 Å². The van der Waals surface area contributed by atoms with Gasteiger partial charge in [0.25, 0.3) is 5.91 Å². The quantitative estimate of drug-likeness (QED) is 0.837. The lowest BCUT2D eigenvalue weighted by Gasteiger charge is -2.03. The molecule has 0 fully saturated rings. The number of rotatable bonds is 4. The van der Waals surface area contributed by atoms with Crippen molar-refractivity contribution in [3.63, 3.8) is 0 Å². The smallest absolute Gasteiger partial charge is 0.252 e. The number of benzene rings is 1. The molecule has 104 valence electrons. The number of aromatic nitrogens is 1. The molecule has 6 heteroatoms. The Balaban J connectivity index is 2.12. The largest absolute Gasteiger partial charge is 0.298 e. The molecule has 0 atom stereocenters. The summed E-state index contributed by atoms with van der Waals surface area (Å²) in [6, 6.07) is 5.52. The molecule has 1 aromatic heterocycles. The highest BCUT2D eigenvalue weighted by Crippen LogP contribution is 2.29. The van der Waals surface area contributed by atoms with Crippen LogP contribution in [-0.2, 0) is 11.2 Å². The molecule has 1 aromatic carbocycles. The summed E-state index contributed by atoms with van der Waals surface area (Å²) in [7, 11) is 0. The molecule has 20 heavy (non-hydrogen) atoms. The third kappa shape index (κ3) is 3.60. The fraction of sp³-hybridized carbons (Fsp3) is 0.143. The van der Waals surface area contributed by atoms with Gasteiger partial charge in [0.05, 0.1) is 10.0 Å². The molecular weight excluding hydrogens is 315 g/mol. The van der Waals surface area contributed by atoms with Crippen LogP contribution in [0.25, 0.3) is 0 Å². The van der Waals surface area contributed by atoms with Crippen LogP contribution < -0.4 is 5.32 Å². The molecule has 0 bridgehead atoms. The van der Waals surface area contributed by atoms with Gasteiger partial charge in [-0.2, -0.15) is 0 Å². The van der Waals surface area contributed by atoms with Crippen molar-refractivity contribution in [1.29, 1.82) is 0 Å². The van der Waals surface area contributed by atoms with Crippen LogP contribution >= 0.6 is 34.5 Å². The van der Waals surface area contributed by atoms with E-state index >= 15 is 0 Å². The lowest BCUT2D eigenvalue weighted by atomic mass is 10.1. The zero-order valence-corrected chi connectivity index (χ0v) is 13.1. The van der Waals surface area contributed by atoms with E-state index < -0.39 is 0 Å². The van der Waals surface area contributed by atoms with Crippen LogP contribution in [0, 0.1) is 0 Å². The minimum absolute atomic E-state index is 0.230. The van der Waals surface area contributed by atoms with Gasteiger partial charge in [0.2, 0.25) is 0 Å². The molecular formula is C14H12Cl2N2OS. The molecule has 0 aliphatic rings. The highest BCUT2D eigenvalue weighted by molar-refractivity contribution is 7.15. The van der Waals surface area contributed by atoms with E-state index in [0.717, 1.165) is 10.4 Å². The first-order valence-electron chi connectivity index (χ1n) is 5.82. The average molecular weight is 327 g/mol. The van der Waals surface area contributed by atoms with Crippen LogP contribution in [0.2, 0.25) is 10.0 Å². The Morgan fingerprint density at radius 2 is 2.20 bits per heavy atom. The van der Waals surface area contributed by atoms with Gasteiger partial charge in [0.15, 0.2) is 5.13 Å². The summed E-state index contributed by atoms with van der Waals surface area (Å²) < 4.78 is 0. The van der Waals surface area contributed by atoms with Gasteiger partial charge in [-0.15, -0.1) is 11.3 Å². The second kappa shape index (κ2) is 6.39. The van der Waals surface area contributed by atoms with Gasteiger partial charge in [0, 0.05) is 23.1 Å². The maximum Gasteiger partial charge on any atom is 0.252 e. The number of hydrogen-bond acceptors (Lipinski definition) is 3. The Hall–Kier alpha value is -1.36. The number of carbonyl (C=O) groups is 1. The molecule has 1 heterocycles. The van der Waals surface area contributed by atoms with Crippen LogP contribution in [0.3, 0.4) is 0 Å². The van der Waals surface area contributed by atoms with Crippen molar-refractivity contribution in [3.05, 3.63) is 57.0 Å². The lowest BCUT2D eigenvalue weighted by molar-refractivity contribution is -0.112. The maximum atomic E-state index is 11.5. The van der Waals surface area contributed by atoms with Gasteiger partial charge in [-0.05, 0) is 18.6 Å². The molecule has 0 spiro atoms. The van der Waals surface area contributed by atoms with Gasteiger partial charge >= 0.3 is 0 Å². The Morgan fingerprint density at radius 1 is 1.45 bits per heavy atom. The molecule has 1 amide bonds. The third-order valence-corrected chi connectivity index (χ3v) is 4.33. The van der Waals surface area contributed by atoms with E-state index in [4.69, 9.17) is 23.2 Å². The lowest BCUT2D eigenvalue weighted by Crippen LogP contribution is -2.11. The number of halogens is 2. The summed E-state index contributed by atoms with van der Waals surface area (Å²) in [5.74, 6) is -0.230. The number of nitrogens with one attached hydrogen (secondary N) is 1. The summed E-state index contributed by atoms with van der Waals surface area (Å²) in [4.78, 5) is 16.6. The Labute approximate surface area is 131 Å². The Kier molecular flexibility index (Phi) is 4.81. The normalized spacial score (nSPS) is 10.3. The van der Waals surface area contributed by atoms with Crippen LogP contribution in [-0.4, -0.2) is 10.9 Å². The standard InChI is InChI=1S/C14H12Cl2N2OS/c1-8(2)13(19)18-14-17-7-10(20-14)6-9-4-3-5-11(15)12(9)16/h3-5,7H,1,6H2,2H3,(H,17,18,19). The van der Waals surface area contributed by atoms with Crippen molar-refractivity contribution in [3.8, 4) is 0 Å². The Morgan fingerprint density at radius 3 is 2.90 bits per heavy atom. The first kappa shape index (κ1) is 15.0. The molecule has 2 rings (SSSR count). The first-order valence-corrected chi connectivity index (χ1v) is 7.39. The minimum atomic E-state index is -0.230. The number of amides is 1. The molecule has 0 saturated heterocycles. The number of nitrogens with zero attached hydrogens (tertiary/aromatic N) is 1. The fourth-order valence-electron chi connectivity index (χ4n) is 1.52. The summed E-state index contributed by atoms with van der Waals surface area (Å²) in [6.45, 7) is 5.23. The molecule has 3 nitrogen and oxygen atoms in total. The van der Waals surface area contributed by atoms with Crippen LogP contribution in [0.4, 0.5) is 5.13 Å². The Bertz CT molecular complexity index is 667. The summed E-state index contributed by atoms with van der Waals surface area (Å²) in [6.07, 6.45) is 2.34. The molecule has 0 aliphatic carbocycles. The van der Waals surface area contributed by atoms with E-state index in [1.807, 2.05) is 12.1 Å². The monoisotopic (exact) mass is 326 g/mol. The fourth-order valence-corrected chi connectivity index (χ4v) is 2.74. The molecule has 0 saturated carbocycles. The summed E-state index contributed by atoms with van der Waals surface area (Å²) >= 11 is 13.5. The van der Waals surface area contributed by atoms with Crippen molar-refractivity contribution in [1.82, 2.24) is 4.98 Å². The van der Waals surface area contributed by atoms with Gasteiger partial charge < -0.3 is 0 Å². The molecule has 0 radical (unpaired) electrons. The van der Waals surface area contributed by atoms with Crippen molar-refractivity contribution < 1.29 is 4.79 Å². The summed E-state index contributed by atoms with van der Waals surface area (Å²) in [5, 5.41) is 4.31. The molecule has 0 aliphatic heterocycles. The summed E-state index contributed by atoms with van der Waals surface area (Å²) in [5.41, 5.74) is 1.38. The first-order chi connectivity index (χ1) is 9.47. The van der Waals surface area contributed by atoms with E-state index in [1.165, 1.54) is 11.3 Å². The molecule has 1 N–H and O–H groups in total. The number of carbonyl (C=O) groups excluding carboxylic acids is 1. The van der Waals surface area contributed by atoms with E-state index in [2.05, 4.69) is 16.9 Å². The molecule has 2 aromatic rings. The number of anilines is 1. The third-order valence-electron chi connectivity index (χ3n) is 2.56. The SMILES string of the molecule is C=C(C)C(=O)Nc1ncc(Cc2cccc(Cl)c2Cl)s1. The molecule has 0 unspecified atom stereocenters. The van der Waals surface area contributed by atoms with E-state index in [9.17, 15) is 4.79 Å². The van der Waals surface area contributed by atoms with Crippen LogP contribution in [0.1, 0.15) is 17.4 Å². The predicted molar refractivity (Wildman–Crippen MR) is 84.8 cm³/mol. The number of thiazole rings is 1. The predicted octanol–water partition coefficient (Wildman–Crippen LogP) is 4.56. The zero-order valence-electron chi connectivity index (χ0n) is 10.7. The van der Waals surface area contributed by atoms with Gasteiger partial charge in [0.1, 0.15) is 0 Å². The van der Waals surface area contributed by atoms with Crippen molar-refractivity contribution in [2.24, 2.45) is 0 Å². The van der Waals surface area contributed by atoms with Gasteiger partial charge in [-0.3, -0.25) is 10.1 Å². The van der Waals surface area contributed by atoms with E-state index in [0.29, 0.717) is 27.2 Å². The van der Waals surface area contributed by atoms with E-state index in [-0.39, 0.29) is 5.91 Å². The highest BCUT2D eigenvalue weighted by Gasteiger charge is 2.10. The van der Waals surface area contributed by atoms with Gasteiger partial charge in [-0.1, -0.05) is 41.9 Å². The van der Waals surface area contributed by atoms with Crippen molar-refractivity contribution >= 4 is 45.6 Å². The van der Waals surface area contributed by atoms with Crippen molar-refractivity contribution in [2.75, 3.05) is 5.32 Å². The van der Waals surface area contributed by atoms with Gasteiger partial charge in [-0.25, -0.2) is 4.98 Å². The maximum absolute atomic E-state index is 11.5. The minimum Gasteiger partial charge on any atom is -0.298 e. The highest BCUT2D eigenvalue weighted by atomic mass is 35.5. The average Bonchev–Trinajstić information content (AvgIpc) is 2.82.